The number of amidine groups is 1. The molecule has 0 fully saturated rings. The average Bonchev–Trinajstić information content (AvgIpc) is 2.42. The summed E-state index contributed by atoms with van der Waals surface area (Å²) in [7, 11) is 0. The SMILES string of the molecule is CCN(CCCCC(C)(C)C(=N)N)Cc1cccc(C)n1. The summed E-state index contributed by atoms with van der Waals surface area (Å²) in [4.78, 5) is 6.98. The number of aryl methyl sites for hydroxylation is 1. The number of nitrogens with two attached hydrogens (primary N) is 1. The van der Waals surface area contributed by atoms with Crippen LogP contribution in [-0.4, -0.2) is 28.8 Å². The molecule has 0 unspecified atom stereocenters. The molecule has 3 N–H and O–H groups in total. The van der Waals surface area contributed by atoms with Crippen LogP contribution in [0.5, 0.6) is 0 Å². The second-order valence-corrected chi connectivity index (χ2v) is 6.39. The summed E-state index contributed by atoms with van der Waals surface area (Å²) in [6.45, 7) is 11.3. The van der Waals surface area contributed by atoms with Gasteiger partial charge in [0.05, 0.1) is 11.5 Å². The Morgan fingerprint density at radius 3 is 2.62 bits per heavy atom. The molecule has 118 valence electrons. The van der Waals surface area contributed by atoms with Crippen molar-refractivity contribution in [2.45, 2.75) is 53.5 Å². The molecule has 0 spiro atoms. The summed E-state index contributed by atoms with van der Waals surface area (Å²) in [6.07, 6.45) is 3.21. The third kappa shape index (κ3) is 6.25. The highest BCUT2D eigenvalue weighted by atomic mass is 15.1. The molecule has 0 atom stereocenters. The van der Waals surface area contributed by atoms with Gasteiger partial charge in [0.25, 0.3) is 0 Å². The molecule has 1 aromatic heterocycles. The number of rotatable bonds is 9. The summed E-state index contributed by atoms with van der Waals surface area (Å²) in [5.41, 5.74) is 7.66. The smallest absolute Gasteiger partial charge is 0.0963 e. The molecule has 0 aliphatic heterocycles. The Hall–Kier alpha value is -1.42. The Bertz CT molecular complexity index is 454. The van der Waals surface area contributed by atoms with Crippen molar-refractivity contribution in [3.8, 4) is 0 Å². The van der Waals surface area contributed by atoms with Crippen molar-refractivity contribution in [1.29, 1.82) is 5.41 Å². The summed E-state index contributed by atoms with van der Waals surface area (Å²) in [5.74, 6) is 0.291. The Labute approximate surface area is 129 Å². The average molecular weight is 290 g/mol. The molecule has 0 aliphatic rings. The van der Waals surface area contributed by atoms with Gasteiger partial charge in [-0.05, 0) is 45.0 Å². The monoisotopic (exact) mass is 290 g/mol. The van der Waals surface area contributed by atoms with E-state index in [0.29, 0.717) is 5.84 Å². The topological polar surface area (TPSA) is 66.0 Å². The van der Waals surface area contributed by atoms with E-state index in [1.54, 1.807) is 0 Å². The molecular formula is C17H30N4. The van der Waals surface area contributed by atoms with Gasteiger partial charge in [0.2, 0.25) is 0 Å². The number of unbranched alkanes of at least 4 members (excludes halogenated alkanes) is 1. The standard InChI is InChI=1S/C17H30N4/c1-5-21(13-15-10-8-9-14(2)20-15)12-7-6-11-17(3,4)16(18)19/h8-10H,5-7,11-13H2,1-4H3,(H3,18,19). The Morgan fingerprint density at radius 1 is 1.33 bits per heavy atom. The van der Waals surface area contributed by atoms with Crippen LogP contribution in [0.25, 0.3) is 0 Å². The van der Waals surface area contributed by atoms with Crippen LogP contribution in [0.2, 0.25) is 0 Å². The summed E-state index contributed by atoms with van der Waals surface area (Å²) < 4.78 is 0. The fraction of sp³-hybridized carbons (Fsp3) is 0.647. The zero-order valence-electron chi connectivity index (χ0n) is 13.9. The molecule has 1 aromatic rings. The maximum absolute atomic E-state index is 7.58. The van der Waals surface area contributed by atoms with Gasteiger partial charge < -0.3 is 5.73 Å². The predicted molar refractivity (Wildman–Crippen MR) is 89.5 cm³/mol. The van der Waals surface area contributed by atoms with E-state index in [2.05, 4.69) is 28.9 Å². The van der Waals surface area contributed by atoms with Crippen molar-refractivity contribution in [2.24, 2.45) is 11.1 Å². The molecule has 1 rings (SSSR count). The van der Waals surface area contributed by atoms with Crippen LogP contribution in [0.4, 0.5) is 0 Å². The molecule has 21 heavy (non-hydrogen) atoms. The largest absolute Gasteiger partial charge is 0.387 e. The molecular weight excluding hydrogens is 260 g/mol. The molecule has 4 heteroatoms. The van der Waals surface area contributed by atoms with Gasteiger partial charge in [-0.1, -0.05) is 33.3 Å². The Morgan fingerprint density at radius 2 is 2.05 bits per heavy atom. The Balaban J connectivity index is 2.37. The zero-order valence-corrected chi connectivity index (χ0v) is 13.9. The van der Waals surface area contributed by atoms with Crippen molar-refractivity contribution < 1.29 is 0 Å². The maximum Gasteiger partial charge on any atom is 0.0963 e. The van der Waals surface area contributed by atoms with Crippen LogP contribution in [0.15, 0.2) is 18.2 Å². The highest BCUT2D eigenvalue weighted by Crippen LogP contribution is 2.22. The molecule has 0 saturated carbocycles. The van der Waals surface area contributed by atoms with E-state index < -0.39 is 0 Å². The van der Waals surface area contributed by atoms with Crippen LogP contribution < -0.4 is 5.73 Å². The first-order chi connectivity index (χ1) is 9.85. The summed E-state index contributed by atoms with van der Waals surface area (Å²) in [5, 5.41) is 7.58. The van der Waals surface area contributed by atoms with E-state index >= 15 is 0 Å². The second kappa shape index (κ2) is 8.13. The Kier molecular flexibility index (Phi) is 6.82. The summed E-state index contributed by atoms with van der Waals surface area (Å²) >= 11 is 0. The molecule has 4 nitrogen and oxygen atoms in total. The van der Waals surface area contributed by atoms with E-state index in [1.165, 1.54) is 0 Å². The highest BCUT2D eigenvalue weighted by molar-refractivity contribution is 5.82. The van der Waals surface area contributed by atoms with Crippen molar-refractivity contribution in [2.75, 3.05) is 13.1 Å². The van der Waals surface area contributed by atoms with Crippen LogP contribution in [0.3, 0.4) is 0 Å². The minimum atomic E-state index is -0.171. The van der Waals surface area contributed by atoms with Gasteiger partial charge in [-0.25, -0.2) is 0 Å². The second-order valence-electron chi connectivity index (χ2n) is 6.39. The van der Waals surface area contributed by atoms with Gasteiger partial charge in [-0.3, -0.25) is 15.3 Å². The lowest BCUT2D eigenvalue weighted by atomic mass is 9.86. The van der Waals surface area contributed by atoms with Gasteiger partial charge >= 0.3 is 0 Å². The zero-order chi connectivity index (χ0) is 15.9. The van der Waals surface area contributed by atoms with E-state index in [-0.39, 0.29) is 5.41 Å². The van der Waals surface area contributed by atoms with Crippen molar-refractivity contribution in [1.82, 2.24) is 9.88 Å². The van der Waals surface area contributed by atoms with E-state index in [0.717, 1.165) is 50.3 Å². The number of hydrogen-bond acceptors (Lipinski definition) is 3. The number of aromatic nitrogens is 1. The predicted octanol–water partition coefficient (Wildman–Crippen LogP) is 3.34. The van der Waals surface area contributed by atoms with Crippen LogP contribution in [0, 0.1) is 17.7 Å². The van der Waals surface area contributed by atoms with Gasteiger partial charge in [-0.15, -0.1) is 0 Å². The lowest BCUT2D eigenvalue weighted by molar-refractivity contribution is 0.265. The first-order valence-electron chi connectivity index (χ1n) is 7.84. The van der Waals surface area contributed by atoms with Crippen molar-refractivity contribution in [3.63, 3.8) is 0 Å². The third-order valence-electron chi connectivity index (χ3n) is 4.03. The van der Waals surface area contributed by atoms with Crippen LogP contribution in [-0.2, 0) is 6.54 Å². The van der Waals surface area contributed by atoms with Gasteiger partial charge in [0, 0.05) is 17.7 Å². The first kappa shape index (κ1) is 17.6. The molecule has 0 aromatic carbocycles. The van der Waals surface area contributed by atoms with Crippen molar-refractivity contribution in [3.05, 3.63) is 29.6 Å². The van der Waals surface area contributed by atoms with Gasteiger partial charge in [-0.2, -0.15) is 0 Å². The van der Waals surface area contributed by atoms with Crippen molar-refractivity contribution >= 4 is 5.84 Å². The van der Waals surface area contributed by atoms with Gasteiger partial charge in [0.1, 0.15) is 0 Å². The fourth-order valence-corrected chi connectivity index (χ4v) is 2.30. The van der Waals surface area contributed by atoms with E-state index in [4.69, 9.17) is 11.1 Å². The molecule has 1 heterocycles. The number of nitrogens with zero attached hydrogens (tertiary/aromatic N) is 2. The fourth-order valence-electron chi connectivity index (χ4n) is 2.30. The lowest BCUT2D eigenvalue weighted by Gasteiger charge is -2.24. The number of pyridine rings is 1. The molecule has 0 amide bonds. The number of hydrogen-bond donors (Lipinski definition) is 2. The lowest BCUT2D eigenvalue weighted by Crippen LogP contribution is -2.31. The molecule has 0 aliphatic carbocycles. The van der Waals surface area contributed by atoms with E-state index in [9.17, 15) is 0 Å². The van der Waals surface area contributed by atoms with E-state index in [1.807, 2.05) is 26.8 Å². The quantitative estimate of drug-likeness (QED) is 0.416. The minimum Gasteiger partial charge on any atom is -0.387 e. The molecule has 0 saturated heterocycles. The highest BCUT2D eigenvalue weighted by Gasteiger charge is 2.20. The third-order valence-corrected chi connectivity index (χ3v) is 4.03. The van der Waals surface area contributed by atoms with Crippen LogP contribution in [0.1, 0.15) is 51.4 Å². The molecule has 0 bridgehead atoms. The number of nitrogens with one attached hydrogen (secondary N) is 1. The maximum atomic E-state index is 7.58. The minimum absolute atomic E-state index is 0.171. The molecule has 0 radical (unpaired) electrons. The summed E-state index contributed by atoms with van der Waals surface area (Å²) in [6, 6.07) is 6.19. The van der Waals surface area contributed by atoms with Crippen LogP contribution >= 0.6 is 0 Å². The normalized spacial score (nSPS) is 11.9. The van der Waals surface area contributed by atoms with Gasteiger partial charge in [0.15, 0.2) is 0 Å². The first-order valence-corrected chi connectivity index (χ1v) is 7.84.